The first-order valence-corrected chi connectivity index (χ1v) is 12.0. The van der Waals surface area contributed by atoms with Crippen LogP contribution in [0.25, 0.3) is 11.0 Å². The zero-order valence-electron chi connectivity index (χ0n) is 20.0. The lowest BCUT2D eigenvalue weighted by molar-refractivity contribution is 0.0698. The molecule has 180 valence electrons. The number of rotatable bonds is 5. The summed E-state index contributed by atoms with van der Waals surface area (Å²) < 4.78 is 5.66. The number of piperidine rings is 1. The number of carboxylic acid groups (broad SMARTS) is 1. The zero-order valence-corrected chi connectivity index (χ0v) is 20.0. The second kappa shape index (κ2) is 9.16. The van der Waals surface area contributed by atoms with Crippen molar-refractivity contribution in [1.29, 1.82) is 5.26 Å². The van der Waals surface area contributed by atoms with Crippen LogP contribution < -0.4 is 10.2 Å². The number of nitriles is 1. The Kier molecular flexibility index (Phi) is 6.03. The van der Waals surface area contributed by atoms with Crippen LogP contribution in [0.5, 0.6) is 0 Å². The van der Waals surface area contributed by atoms with Crippen molar-refractivity contribution in [2.45, 2.75) is 39.2 Å². The second-order valence-electron chi connectivity index (χ2n) is 9.74. The molecule has 3 aromatic rings. The van der Waals surface area contributed by atoms with Gasteiger partial charge >= 0.3 is 5.97 Å². The number of nitrogens with one attached hydrogen (secondary N) is 1. The van der Waals surface area contributed by atoms with Gasteiger partial charge in [-0.25, -0.2) is 14.8 Å². The molecule has 0 saturated carbocycles. The van der Waals surface area contributed by atoms with E-state index in [4.69, 9.17) is 14.7 Å². The number of nitrogens with zero attached hydrogens (tertiary/aromatic N) is 4. The Morgan fingerprint density at radius 1 is 1.23 bits per heavy atom. The van der Waals surface area contributed by atoms with Gasteiger partial charge in [-0.05, 0) is 62.3 Å². The van der Waals surface area contributed by atoms with Crippen LogP contribution in [0.3, 0.4) is 0 Å². The minimum Gasteiger partial charge on any atom is -0.478 e. The molecule has 2 aliphatic rings. The first-order chi connectivity index (χ1) is 16.9. The molecule has 0 unspecified atom stereocenters. The van der Waals surface area contributed by atoms with Gasteiger partial charge in [0.15, 0.2) is 11.5 Å². The van der Waals surface area contributed by atoms with Crippen LogP contribution in [0.4, 0.5) is 11.5 Å². The Balaban J connectivity index is 1.51. The molecule has 0 amide bonds. The highest BCUT2D eigenvalue weighted by Crippen LogP contribution is 2.40. The Labute approximate surface area is 204 Å². The van der Waals surface area contributed by atoms with E-state index in [9.17, 15) is 15.2 Å². The quantitative estimate of drug-likeness (QED) is 0.551. The van der Waals surface area contributed by atoms with Gasteiger partial charge in [0.1, 0.15) is 6.07 Å². The summed E-state index contributed by atoms with van der Waals surface area (Å²) in [5, 5.41) is 22.8. The summed E-state index contributed by atoms with van der Waals surface area (Å²) in [7, 11) is 0. The number of anilines is 2. The predicted octanol–water partition coefficient (Wildman–Crippen LogP) is 4.69. The van der Waals surface area contributed by atoms with E-state index in [-0.39, 0.29) is 17.0 Å². The lowest BCUT2D eigenvalue weighted by atomic mass is 9.78. The maximum absolute atomic E-state index is 11.7. The van der Waals surface area contributed by atoms with Crippen molar-refractivity contribution in [2.24, 2.45) is 5.41 Å². The molecule has 35 heavy (non-hydrogen) atoms. The fourth-order valence-electron chi connectivity index (χ4n) is 5.29. The maximum atomic E-state index is 11.7. The van der Waals surface area contributed by atoms with E-state index in [0.717, 1.165) is 62.2 Å². The third-order valence-electron chi connectivity index (χ3n) is 7.34. The van der Waals surface area contributed by atoms with Gasteiger partial charge in [-0.2, -0.15) is 5.26 Å². The first-order valence-electron chi connectivity index (χ1n) is 12.0. The van der Waals surface area contributed by atoms with Crippen LogP contribution in [0.1, 0.15) is 59.4 Å². The van der Waals surface area contributed by atoms with Crippen LogP contribution in [0.15, 0.2) is 36.4 Å². The van der Waals surface area contributed by atoms with Crippen molar-refractivity contribution in [1.82, 2.24) is 9.97 Å². The standard InChI is InChI=1S/C27H29N5O3/c1-17-13-20(18(2)29-21-6-4-3-5-19(21)26(33)34)24-22(14-17)30-23(15-28)25(31-24)32-10-7-27(8-11-32)9-12-35-16-27/h3-6,13-14,18,29H,7-12,16H2,1-2H3,(H,33,34)/t18-/m1/s1. The molecule has 0 radical (unpaired) electrons. The Bertz CT molecular complexity index is 1320. The lowest BCUT2D eigenvalue weighted by Gasteiger charge is -2.39. The molecule has 1 spiro atoms. The van der Waals surface area contributed by atoms with E-state index in [0.29, 0.717) is 22.7 Å². The van der Waals surface area contributed by atoms with Gasteiger partial charge in [-0.15, -0.1) is 0 Å². The van der Waals surface area contributed by atoms with E-state index in [1.807, 2.05) is 26.0 Å². The summed E-state index contributed by atoms with van der Waals surface area (Å²) in [5.41, 5.74) is 4.66. The monoisotopic (exact) mass is 471 g/mol. The number of hydrogen-bond acceptors (Lipinski definition) is 7. The van der Waals surface area contributed by atoms with Crippen LogP contribution >= 0.6 is 0 Å². The van der Waals surface area contributed by atoms with Gasteiger partial charge < -0.3 is 20.1 Å². The molecule has 0 aliphatic carbocycles. The number of aromatic nitrogens is 2. The number of carboxylic acids is 1. The highest BCUT2D eigenvalue weighted by Gasteiger charge is 2.38. The fourth-order valence-corrected chi connectivity index (χ4v) is 5.29. The second-order valence-corrected chi connectivity index (χ2v) is 9.74. The smallest absolute Gasteiger partial charge is 0.337 e. The Morgan fingerprint density at radius 3 is 2.69 bits per heavy atom. The predicted molar refractivity (Wildman–Crippen MR) is 134 cm³/mol. The third kappa shape index (κ3) is 4.40. The minimum absolute atomic E-state index is 0.216. The molecular weight excluding hydrogens is 442 g/mol. The van der Waals surface area contributed by atoms with Crippen molar-refractivity contribution in [3.63, 3.8) is 0 Å². The van der Waals surface area contributed by atoms with Gasteiger partial charge in [-0.1, -0.05) is 18.2 Å². The van der Waals surface area contributed by atoms with Crippen LogP contribution in [-0.4, -0.2) is 47.3 Å². The topological polar surface area (TPSA) is 111 Å². The van der Waals surface area contributed by atoms with Crippen LogP contribution in [-0.2, 0) is 4.74 Å². The zero-order chi connectivity index (χ0) is 24.6. The van der Waals surface area contributed by atoms with Gasteiger partial charge in [0.25, 0.3) is 0 Å². The molecule has 8 nitrogen and oxygen atoms in total. The van der Waals surface area contributed by atoms with Gasteiger partial charge in [0.05, 0.1) is 29.2 Å². The summed E-state index contributed by atoms with van der Waals surface area (Å²) in [6.45, 7) is 7.25. The summed E-state index contributed by atoms with van der Waals surface area (Å²) in [5.74, 6) is -0.359. The summed E-state index contributed by atoms with van der Waals surface area (Å²) in [4.78, 5) is 23.6. The van der Waals surface area contributed by atoms with Gasteiger partial charge in [0.2, 0.25) is 0 Å². The van der Waals surface area contributed by atoms with E-state index in [1.54, 1.807) is 18.2 Å². The molecule has 2 saturated heterocycles. The number of para-hydroxylation sites is 1. The minimum atomic E-state index is -0.981. The lowest BCUT2D eigenvalue weighted by Crippen LogP contribution is -2.41. The number of ether oxygens (including phenoxy) is 1. The average molecular weight is 472 g/mol. The van der Waals surface area contributed by atoms with Gasteiger partial charge in [-0.3, -0.25) is 0 Å². The number of benzene rings is 2. The Hall–Kier alpha value is -3.70. The van der Waals surface area contributed by atoms with E-state index in [1.165, 1.54) is 0 Å². The summed E-state index contributed by atoms with van der Waals surface area (Å²) in [6, 6.07) is 12.9. The highest BCUT2D eigenvalue weighted by atomic mass is 16.5. The van der Waals surface area contributed by atoms with Crippen molar-refractivity contribution in [2.75, 3.05) is 36.5 Å². The average Bonchev–Trinajstić information content (AvgIpc) is 3.31. The molecule has 0 bridgehead atoms. The number of aromatic carboxylic acids is 1. The summed E-state index contributed by atoms with van der Waals surface area (Å²) >= 11 is 0. The molecule has 5 rings (SSSR count). The number of aryl methyl sites for hydroxylation is 1. The molecule has 2 aromatic carbocycles. The van der Waals surface area contributed by atoms with Gasteiger partial charge in [0, 0.05) is 30.9 Å². The molecule has 1 aromatic heterocycles. The van der Waals surface area contributed by atoms with Crippen molar-refractivity contribution < 1.29 is 14.6 Å². The first kappa shape index (κ1) is 23.1. The summed E-state index contributed by atoms with van der Waals surface area (Å²) in [6.07, 6.45) is 3.13. The molecule has 3 heterocycles. The maximum Gasteiger partial charge on any atom is 0.337 e. The SMILES string of the molecule is Cc1cc([C@@H](C)Nc2ccccc2C(=O)O)c2nc(N3CCC4(CCOC4)CC3)c(C#N)nc2c1. The van der Waals surface area contributed by atoms with E-state index in [2.05, 4.69) is 22.4 Å². The Morgan fingerprint density at radius 2 is 2.00 bits per heavy atom. The van der Waals surface area contributed by atoms with Crippen LogP contribution in [0, 0.1) is 23.7 Å². The third-order valence-corrected chi connectivity index (χ3v) is 7.34. The fraction of sp³-hybridized carbons (Fsp3) is 0.407. The van der Waals surface area contributed by atoms with Crippen molar-refractivity contribution >= 4 is 28.5 Å². The number of carbonyl (C=O) groups is 1. The van der Waals surface area contributed by atoms with Crippen LogP contribution in [0.2, 0.25) is 0 Å². The highest BCUT2D eigenvalue weighted by molar-refractivity contribution is 5.94. The van der Waals surface area contributed by atoms with E-state index >= 15 is 0 Å². The normalized spacial score (nSPS) is 17.9. The number of hydrogen-bond donors (Lipinski definition) is 2. The molecule has 2 fully saturated rings. The van der Waals surface area contributed by atoms with E-state index < -0.39 is 5.97 Å². The van der Waals surface area contributed by atoms with Crippen molar-refractivity contribution in [3.05, 3.63) is 58.8 Å². The molecule has 8 heteroatoms. The molecule has 1 atom stereocenters. The number of fused-ring (bicyclic) bond motifs is 1. The molecule has 2 aliphatic heterocycles. The van der Waals surface area contributed by atoms with Crippen molar-refractivity contribution in [3.8, 4) is 6.07 Å². The molecular formula is C27H29N5O3. The largest absolute Gasteiger partial charge is 0.478 e. The molecule has 2 N–H and O–H groups in total.